The largest absolute Gasteiger partial charge is 0.478 e. The number of benzene rings is 2. The summed E-state index contributed by atoms with van der Waals surface area (Å²) in [5.74, 6) is -2.17. The molecular formula is C21H18F2N2O3. The van der Waals surface area contributed by atoms with Gasteiger partial charge in [0.05, 0.1) is 22.5 Å². The summed E-state index contributed by atoms with van der Waals surface area (Å²) in [6.07, 6.45) is 3.31. The Morgan fingerprint density at radius 3 is 2.57 bits per heavy atom. The number of nitrogens with one attached hydrogen (secondary N) is 1. The van der Waals surface area contributed by atoms with Crippen LogP contribution >= 0.6 is 0 Å². The molecule has 3 aromatic rings. The zero-order valence-electron chi connectivity index (χ0n) is 14.9. The molecule has 144 valence electrons. The molecule has 28 heavy (non-hydrogen) atoms. The lowest BCUT2D eigenvalue weighted by Crippen LogP contribution is -2.16. The predicted octanol–water partition coefficient (Wildman–Crippen LogP) is 4.85. The average Bonchev–Trinajstić information content (AvgIpc) is 2.70. The number of nitrogens with zero attached hydrogens (tertiary/aromatic N) is 1. The molecule has 0 bridgehead atoms. The van der Waals surface area contributed by atoms with E-state index in [1.165, 1.54) is 24.3 Å². The summed E-state index contributed by atoms with van der Waals surface area (Å²) in [6, 6.07) is 7.80. The highest BCUT2D eigenvalue weighted by Gasteiger charge is 2.22. The number of hydrogen-bond donors (Lipinski definition) is 2. The van der Waals surface area contributed by atoms with Crippen molar-refractivity contribution in [1.29, 1.82) is 0 Å². The molecule has 1 aliphatic rings. The molecule has 0 aliphatic carbocycles. The summed E-state index contributed by atoms with van der Waals surface area (Å²) in [7, 11) is 0. The number of rotatable bonds is 4. The van der Waals surface area contributed by atoms with E-state index in [1.807, 2.05) is 0 Å². The van der Waals surface area contributed by atoms with Gasteiger partial charge in [0.1, 0.15) is 11.6 Å². The fraction of sp³-hybridized carbons (Fsp3) is 0.238. The fourth-order valence-electron chi connectivity index (χ4n) is 3.57. The van der Waals surface area contributed by atoms with Crippen LogP contribution in [0.25, 0.3) is 10.9 Å². The van der Waals surface area contributed by atoms with Crippen molar-refractivity contribution in [3.05, 3.63) is 65.4 Å². The highest BCUT2D eigenvalue weighted by Crippen LogP contribution is 2.38. The molecule has 4 rings (SSSR count). The summed E-state index contributed by atoms with van der Waals surface area (Å²) in [4.78, 5) is 16.0. The Labute approximate surface area is 160 Å². The molecule has 0 amide bonds. The molecular weight excluding hydrogens is 366 g/mol. The first kappa shape index (κ1) is 18.3. The molecule has 0 saturated carbocycles. The maximum atomic E-state index is 14.0. The van der Waals surface area contributed by atoms with Gasteiger partial charge in [-0.05, 0) is 60.7 Å². The lowest BCUT2D eigenvalue weighted by Gasteiger charge is -2.26. The molecule has 0 unspecified atom stereocenters. The number of carboxylic acids is 1. The molecule has 1 saturated heterocycles. The molecule has 1 aliphatic heterocycles. The highest BCUT2D eigenvalue weighted by atomic mass is 19.1. The summed E-state index contributed by atoms with van der Waals surface area (Å²) in [5, 5.41) is 13.1. The first-order valence-corrected chi connectivity index (χ1v) is 8.98. The second-order valence-corrected chi connectivity index (χ2v) is 6.76. The van der Waals surface area contributed by atoms with Gasteiger partial charge < -0.3 is 15.2 Å². The van der Waals surface area contributed by atoms with E-state index in [4.69, 9.17) is 4.74 Å². The third kappa shape index (κ3) is 3.53. The zero-order valence-corrected chi connectivity index (χ0v) is 14.9. The number of aromatic carboxylic acids is 1. The van der Waals surface area contributed by atoms with Gasteiger partial charge in [0, 0.05) is 24.8 Å². The first-order chi connectivity index (χ1) is 13.5. The third-order valence-corrected chi connectivity index (χ3v) is 4.99. The Morgan fingerprint density at radius 2 is 1.82 bits per heavy atom. The van der Waals surface area contributed by atoms with Gasteiger partial charge in [0.25, 0.3) is 0 Å². The second kappa shape index (κ2) is 7.52. The van der Waals surface area contributed by atoms with Gasteiger partial charge in [-0.1, -0.05) is 0 Å². The third-order valence-electron chi connectivity index (χ3n) is 4.99. The van der Waals surface area contributed by atoms with Crippen molar-refractivity contribution in [2.75, 3.05) is 18.5 Å². The van der Waals surface area contributed by atoms with Crippen LogP contribution in [-0.4, -0.2) is 29.3 Å². The molecule has 7 heteroatoms. The number of anilines is 2. The van der Waals surface area contributed by atoms with Crippen molar-refractivity contribution in [3.63, 3.8) is 0 Å². The van der Waals surface area contributed by atoms with E-state index in [2.05, 4.69) is 10.3 Å². The van der Waals surface area contributed by atoms with Gasteiger partial charge in [0.15, 0.2) is 0 Å². The molecule has 0 atom stereocenters. The molecule has 2 N–H and O–H groups in total. The van der Waals surface area contributed by atoms with E-state index >= 15 is 0 Å². The molecule has 2 aromatic carbocycles. The van der Waals surface area contributed by atoms with Crippen LogP contribution in [0.15, 0.2) is 42.6 Å². The summed E-state index contributed by atoms with van der Waals surface area (Å²) in [6.45, 7) is 1.23. The van der Waals surface area contributed by atoms with Crippen LogP contribution in [0.2, 0.25) is 0 Å². The normalized spacial score (nSPS) is 14.9. The Hall–Kier alpha value is -3.06. The predicted molar refractivity (Wildman–Crippen MR) is 101 cm³/mol. The smallest absolute Gasteiger partial charge is 0.337 e. The average molecular weight is 384 g/mol. The minimum Gasteiger partial charge on any atom is -0.478 e. The van der Waals surface area contributed by atoms with Crippen molar-refractivity contribution >= 4 is 28.2 Å². The van der Waals surface area contributed by atoms with E-state index in [9.17, 15) is 18.7 Å². The quantitative estimate of drug-likeness (QED) is 0.673. The maximum absolute atomic E-state index is 14.0. The molecule has 2 heterocycles. The van der Waals surface area contributed by atoms with Crippen LogP contribution < -0.4 is 5.32 Å². The minimum absolute atomic E-state index is 0.144. The lowest BCUT2D eigenvalue weighted by molar-refractivity contribution is 0.0697. The standard InChI is InChI=1S/C21H18F2N2O3/c22-13-1-3-18-15(9-13)20(17(11-24-18)12-5-7-28-8-6-12)25-19-4-2-14(23)10-16(19)21(26)27/h1-4,9-12H,5-8H2,(H,24,25)(H,26,27). The monoisotopic (exact) mass is 384 g/mol. The molecule has 0 radical (unpaired) electrons. The first-order valence-electron chi connectivity index (χ1n) is 8.98. The van der Waals surface area contributed by atoms with Crippen molar-refractivity contribution in [3.8, 4) is 0 Å². The Morgan fingerprint density at radius 1 is 1.11 bits per heavy atom. The van der Waals surface area contributed by atoms with Crippen molar-refractivity contribution < 1.29 is 23.4 Å². The van der Waals surface area contributed by atoms with Crippen LogP contribution in [0.3, 0.4) is 0 Å². The lowest BCUT2D eigenvalue weighted by atomic mass is 9.90. The summed E-state index contributed by atoms with van der Waals surface area (Å²) < 4.78 is 33.0. The number of pyridine rings is 1. The van der Waals surface area contributed by atoms with Crippen LogP contribution in [0.1, 0.15) is 34.7 Å². The van der Waals surface area contributed by atoms with Gasteiger partial charge in [-0.3, -0.25) is 4.98 Å². The maximum Gasteiger partial charge on any atom is 0.337 e. The SMILES string of the molecule is O=C(O)c1cc(F)ccc1Nc1c(C2CCOCC2)cnc2ccc(F)cc12. The minimum atomic E-state index is -1.25. The van der Waals surface area contributed by atoms with E-state index in [0.29, 0.717) is 29.8 Å². The molecule has 1 aromatic heterocycles. The number of aromatic nitrogens is 1. The summed E-state index contributed by atoms with van der Waals surface area (Å²) >= 11 is 0. The van der Waals surface area contributed by atoms with E-state index in [1.54, 1.807) is 12.3 Å². The molecule has 1 fully saturated rings. The Kier molecular flexibility index (Phi) is 4.92. The Bertz CT molecular complexity index is 1050. The van der Waals surface area contributed by atoms with Gasteiger partial charge >= 0.3 is 5.97 Å². The number of carboxylic acid groups (broad SMARTS) is 1. The van der Waals surface area contributed by atoms with Crippen LogP contribution in [-0.2, 0) is 4.74 Å². The highest BCUT2D eigenvalue weighted by molar-refractivity contribution is 5.99. The van der Waals surface area contributed by atoms with Crippen LogP contribution in [0.4, 0.5) is 20.2 Å². The molecule has 5 nitrogen and oxygen atoms in total. The van der Waals surface area contributed by atoms with Gasteiger partial charge in [0.2, 0.25) is 0 Å². The van der Waals surface area contributed by atoms with Crippen molar-refractivity contribution in [1.82, 2.24) is 4.98 Å². The number of halogens is 2. The van der Waals surface area contributed by atoms with Crippen LogP contribution in [0, 0.1) is 11.6 Å². The van der Waals surface area contributed by atoms with Crippen LogP contribution in [0.5, 0.6) is 0 Å². The Balaban J connectivity index is 1.88. The number of carbonyl (C=O) groups is 1. The van der Waals surface area contributed by atoms with Gasteiger partial charge in [-0.15, -0.1) is 0 Å². The van der Waals surface area contributed by atoms with E-state index < -0.39 is 17.6 Å². The summed E-state index contributed by atoms with van der Waals surface area (Å²) in [5.41, 5.74) is 2.07. The fourth-order valence-corrected chi connectivity index (χ4v) is 3.57. The molecule has 0 spiro atoms. The van der Waals surface area contributed by atoms with Crippen molar-refractivity contribution in [2.24, 2.45) is 0 Å². The number of hydrogen-bond acceptors (Lipinski definition) is 4. The van der Waals surface area contributed by atoms with E-state index in [0.717, 1.165) is 24.5 Å². The number of fused-ring (bicyclic) bond motifs is 1. The number of ether oxygens (including phenoxy) is 1. The van der Waals surface area contributed by atoms with E-state index in [-0.39, 0.29) is 17.2 Å². The van der Waals surface area contributed by atoms with Gasteiger partial charge in [-0.2, -0.15) is 0 Å². The second-order valence-electron chi connectivity index (χ2n) is 6.76. The van der Waals surface area contributed by atoms with Crippen molar-refractivity contribution in [2.45, 2.75) is 18.8 Å². The van der Waals surface area contributed by atoms with Gasteiger partial charge in [-0.25, -0.2) is 13.6 Å². The topological polar surface area (TPSA) is 71.5 Å². The zero-order chi connectivity index (χ0) is 19.7.